The van der Waals surface area contributed by atoms with Gasteiger partial charge in [-0.05, 0) is 24.7 Å². The van der Waals surface area contributed by atoms with Crippen LogP contribution in [0, 0.1) is 5.41 Å². The summed E-state index contributed by atoms with van der Waals surface area (Å²) in [7, 11) is 0. The van der Waals surface area contributed by atoms with Gasteiger partial charge in [-0.2, -0.15) is 27.8 Å². The van der Waals surface area contributed by atoms with Gasteiger partial charge < -0.3 is 4.90 Å². The summed E-state index contributed by atoms with van der Waals surface area (Å²) < 4.78 is 40.7. The number of aromatic nitrogens is 4. The van der Waals surface area contributed by atoms with E-state index in [0.717, 1.165) is 44.8 Å². The van der Waals surface area contributed by atoms with E-state index >= 15 is 0 Å². The zero-order valence-corrected chi connectivity index (χ0v) is 13.3. The Labute approximate surface area is 132 Å². The van der Waals surface area contributed by atoms with Gasteiger partial charge in [0, 0.05) is 19.2 Å². The van der Waals surface area contributed by atoms with Crippen molar-refractivity contribution in [3.63, 3.8) is 0 Å². The molecule has 0 aromatic carbocycles. The molecule has 8 heteroatoms. The van der Waals surface area contributed by atoms with Crippen molar-refractivity contribution in [3.05, 3.63) is 18.1 Å². The minimum atomic E-state index is -4.50. The Morgan fingerprint density at radius 3 is 2.83 bits per heavy atom. The van der Waals surface area contributed by atoms with Crippen LogP contribution in [0.3, 0.4) is 0 Å². The SMILES string of the molecule is CCCC1(C)CCCN(c2cc(C(F)(F)F)nc3ncnn23)C1. The second kappa shape index (κ2) is 5.65. The van der Waals surface area contributed by atoms with Crippen molar-refractivity contribution in [1.29, 1.82) is 0 Å². The van der Waals surface area contributed by atoms with E-state index in [1.54, 1.807) is 0 Å². The van der Waals surface area contributed by atoms with Crippen LogP contribution in [-0.4, -0.2) is 32.7 Å². The summed E-state index contributed by atoms with van der Waals surface area (Å²) in [6.45, 7) is 5.77. The monoisotopic (exact) mass is 327 g/mol. The standard InChI is InChI=1S/C15H20F3N5/c1-3-5-14(2)6-4-7-22(9-14)12-8-11(15(16,17)18)21-13-19-10-20-23(12)13/h8,10H,3-7,9H2,1-2H3. The smallest absolute Gasteiger partial charge is 0.356 e. The predicted octanol–water partition coefficient (Wildman–Crippen LogP) is 3.55. The molecule has 23 heavy (non-hydrogen) atoms. The van der Waals surface area contributed by atoms with Crippen LogP contribution in [-0.2, 0) is 6.18 Å². The highest BCUT2D eigenvalue weighted by molar-refractivity contribution is 5.48. The Morgan fingerprint density at radius 2 is 2.13 bits per heavy atom. The van der Waals surface area contributed by atoms with Crippen molar-refractivity contribution in [2.75, 3.05) is 18.0 Å². The van der Waals surface area contributed by atoms with Gasteiger partial charge in [0.25, 0.3) is 5.78 Å². The first-order chi connectivity index (χ1) is 10.8. The maximum Gasteiger partial charge on any atom is 0.433 e. The molecule has 0 spiro atoms. The number of hydrogen-bond acceptors (Lipinski definition) is 4. The van der Waals surface area contributed by atoms with Gasteiger partial charge in [-0.15, -0.1) is 0 Å². The van der Waals surface area contributed by atoms with E-state index < -0.39 is 11.9 Å². The lowest BCUT2D eigenvalue weighted by Crippen LogP contribution is -2.42. The number of nitrogens with zero attached hydrogens (tertiary/aromatic N) is 5. The molecule has 0 N–H and O–H groups in total. The molecule has 1 atom stereocenters. The third-order valence-electron chi connectivity index (χ3n) is 4.48. The minimum Gasteiger partial charge on any atom is -0.356 e. The Balaban J connectivity index is 2.03. The first-order valence-corrected chi connectivity index (χ1v) is 7.85. The molecule has 2 aromatic rings. The van der Waals surface area contributed by atoms with Crippen LogP contribution in [0.4, 0.5) is 19.0 Å². The van der Waals surface area contributed by atoms with E-state index in [0.29, 0.717) is 5.82 Å². The highest BCUT2D eigenvalue weighted by atomic mass is 19.4. The molecule has 0 aliphatic carbocycles. The second-order valence-corrected chi connectivity index (χ2v) is 6.55. The molecule has 1 fully saturated rings. The summed E-state index contributed by atoms with van der Waals surface area (Å²) >= 11 is 0. The summed E-state index contributed by atoms with van der Waals surface area (Å²) in [5.74, 6) is 0.402. The molecular weight excluding hydrogens is 307 g/mol. The van der Waals surface area contributed by atoms with E-state index in [1.807, 2.05) is 4.90 Å². The van der Waals surface area contributed by atoms with Gasteiger partial charge in [0.05, 0.1) is 0 Å². The number of anilines is 1. The molecule has 1 unspecified atom stereocenters. The van der Waals surface area contributed by atoms with Crippen molar-refractivity contribution < 1.29 is 13.2 Å². The van der Waals surface area contributed by atoms with E-state index in [1.165, 1.54) is 10.8 Å². The lowest BCUT2D eigenvalue weighted by molar-refractivity contribution is -0.141. The van der Waals surface area contributed by atoms with E-state index in [9.17, 15) is 13.2 Å². The fourth-order valence-electron chi connectivity index (χ4n) is 3.49. The molecule has 0 amide bonds. The molecule has 2 aromatic heterocycles. The van der Waals surface area contributed by atoms with Crippen LogP contribution >= 0.6 is 0 Å². The average molecular weight is 327 g/mol. The highest BCUT2D eigenvalue weighted by Crippen LogP contribution is 2.37. The summed E-state index contributed by atoms with van der Waals surface area (Å²) in [5, 5.41) is 4.04. The topological polar surface area (TPSA) is 46.3 Å². The minimum absolute atomic E-state index is 0.0161. The first kappa shape index (κ1) is 16.0. The van der Waals surface area contributed by atoms with Crippen LogP contribution < -0.4 is 4.90 Å². The molecule has 3 rings (SSSR count). The summed E-state index contributed by atoms with van der Waals surface area (Å²) in [4.78, 5) is 9.39. The van der Waals surface area contributed by atoms with Gasteiger partial charge >= 0.3 is 6.18 Å². The molecule has 1 aliphatic heterocycles. The number of fused-ring (bicyclic) bond motifs is 1. The molecule has 1 saturated heterocycles. The van der Waals surface area contributed by atoms with Gasteiger partial charge in [0.1, 0.15) is 12.1 Å². The van der Waals surface area contributed by atoms with Crippen LogP contribution in [0.2, 0.25) is 0 Å². The lowest BCUT2D eigenvalue weighted by atomic mass is 9.78. The maximum atomic E-state index is 13.1. The fourth-order valence-corrected chi connectivity index (χ4v) is 3.49. The molecule has 5 nitrogen and oxygen atoms in total. The Bertz CT molecular complexity index is 692. The van der Waals surface area contributed by atoms with Crippen LogP contribution in [0.25, 0.3) is 5.78 Å². The maximum absolute atomic E-state index is 13.1. The number of halogens is 3. The van der Waals surface area contributed by atoms with Gasteiger partial charge in [-0.1, -0.05) is 20.3 Å². The largest absolute Gasteiger partial charge is 0.433 e. The van der Waals surface area contributed by atoms with Crippen molar-refractivity contribution in [3.8, 4) is 0 Å². The van der Waals surface area contributed by atoms with E-state index in [-0.39, 0.29) is 11.2 Å². The molecule has 126 valence electrons. The third-order valence-corrected chi connectivity index (χ3v) is 4.48. The first-order valence-electron chi connectivity index (χ1n) is 7.85. The fraction of sp³-hybridized carbons (Fsp3) is 0.667. The number of rotatable bonds is 3. The van der Waals surface area contributed by atoms with E-state index in [4.69, 9.17) is 0 Å². The highest BCUT2D eigenvalue weighted by Gasteiger charge is 2.36. The zero-order chi connectivity index (χ0) is 16.7. The molecule has 3 heterocycles. The average Bonchev–Trinajstić information content (AvgIpc) is 2.93. The van der Waals surface area contributed by atoms with Crippen LogP contribution in [0.1, 0.15) is 45.2 Å². The molecular formula is C15H20F3N5. The number of piperidine rings is 1. The third kappa shape index (κ3) is 3.11. The predicted molar refractivity (Wildman–Crippen MR) is 80.2 cm³/mol. The summed E-state index contributed by atoms with van der Waals surface area (Å²) in [6, 6.07) is 1.08. The molecule has 0 saturated carbocycles. The second-order valence-electron chi connectivity index (χ2n) is 6.55. The molecule has 0 radical (unpaired) electrons. The number of alkyl halides is 3. The van der Waals surface area contributed by atoms with Gasteiger partial charge in [0.2, 0.25) is 0 Å². The van der Waals surface area contributed by atoms with Crippen molar-refractivity contribution >= 4 is 11.6 Å². The van der Waals surface area contributed by atoms with Crippen LogP contribution in [0.15, 0.2) is 12.4 Å². The summed E-state index contributed by atoms with van der Waals surface area (Å²) in [6.07, 6.45) is 0.909. The Kier molecular flexibility index (Phi) is 3.93. The lowest BCUT2D eigenvalue weighted by Gasteiger charge is -2.41. The van der Waals surface area contributed by atoms with Gasteiger partial charge in [-0.25, -0.2) is 4.98 Å². The zero-order valence-electron chi connectivity index (χ0n) is 13.3. The normalized spacial score (nSPS) is 22.7. The summed E-state index contributed by atoms with van der Waals surface area (Å²) in [5.41, 5.74) is -0.808. The quantitative estimate of drug-likeness (QED) is 0.865. The van der Waals surface area contributed by atoms with E-state index in [2.05, 4.69) is 28.9 Å². The van der Waals surface area contributed by atoms with Gasteiger partial charge in [0.15, 0.2) is 5.69 Å². The molecule has 1 aliphatic rings. The van der Waals surface area contributed by atoms with Gasteiger partial charge in [-0.3, -0.25) is 0 Å². The van der Waals surface area contributed by atoms with Crippen LogP contribution in [0.5, 0.6) is 0 Å². The van der Waals surface area contributed by atoms with Crippen molar-refractivity contribution in [2.45, 2.75) is 45.7 Å². The van der Waals surface area contributed by atoms with Crippen molar-refractivity contribution in [2.24, 2.45) is 5.41 Å². The Morgan fingerprint density at radius 1 is 1.35 bits per heavy atom. The number of hydrogen-bond donors (Lipinski definition) is 0. The van der Waals surface area contributed by atoms with Crippen molar-refractivity contribution in [1.82, 2.24) is 19.6 Å². The Hall–Kier alpha value is -1.86. The molecule has 0 bridgehead atoms.